The maximum atomic E-state index is 13.0. The fourth-order valence-corrected chi connectivity index (χ4v) is 1.92. The molecule has 0 fully saturated rings. The van der Waals surface area contributed by atoms with Crippen molar-refractivity contribution in [2.24, 2.45) is 0 Å². The van der Waals surface area contributed by atoms with E-state index in [1.807, 2.05) is 22.6 Å². The lowest BCUT2D eigenvalue weighted by molar-refractivity contribution is -0.122. The molecule has 0 radical (unpaired) electrons. The Morgan fingerprint density at radius 2 is 1.86 bits per heavy atom. The smallest absolute Gasteiger partial charge is 0.408 e. The summed E-state index contributed by atoms with van der Waals surface area (Å²) >= 11 is 1.98. The Labute approximate surface area is 136 Å². The molecule has 0 unspecified atom stereocenters. The molecular weight excluding hydrogens is 390 g/mol. The first-order valence-corrected chi connectivity index (χ1v) is 7.84. The van der Waals surface area contributed by atoms with Crippen LogP contribution in [0.15, 0.2) is 24.3 Å². The minimum Gasteiger partial charge on any atom is -0.444 e. The highest BCUT2D eigenvalue weighted by Gasteiger charge is 2.25. The summed E-state index contributed by atoms with van der Waals surface area (Å²) in [5.74, 6) is -0.800. The Bertz CT molecular complexity index is 500. The largest absolute Gasteiger partial charge is 0.444 e. The second-order valence-electron chi connectivity index (χ2n) is 5.31. The summed E-state index contributed by atoms with van der Waals surface area (Å²) in [6.07, 6.45) is -0.708. The highest BCUT2D eigenvalue weighted by Crippen LogP contribution is 2.16. The molecule has 0 saturated carbocycles. The molecule has 0 aliphatic carbocycles. The summed E-state index contributed by atoms with van der Waals surface area (Å²) in [4.78, 5) is 23.9. The number of carbonyl (C=O) groups excluding carboxylic acids is 2. The molecule has 2 amide bonds. The SMILES string of the molecule is CC(C)(C)OC(=O)N[C@@H](C(=O)NCI)c1ccc(F)cc1. The molecular formula is C14H18FIN2O3. The number of amides is 2. The van der Waals surface area contributed by atoms with E-state index in [1.54, 1.807) is 20.8 Å². The van der Waals surface area contributed by atoms with E-state index in [-0.39, 0.29) is 5.91 Å². The number of benzene rings is 1. The highest BCUT2D eigenvalue weighted by atomic mass is 127. The molecule has 1 aromatic rings. The third-order valence-electron chi connectivity index (χ3n) is 2.37. The number of alkyl carbamates (subject to hydrolysis) is 1. The fraction of sp³-hybridized carbons (Fsp3) is 0.429. The number of nitrogens with one attached hydrogen (secondary N) is 2. The molecule has 7 heteroatoms. The summed E-state index contributed by atoms with van der Waals surface area (Å²) in [5.41, 5.74) is -0.193. The van der Waals surface area contributed by atoms with Crippen LogP contribution >= 0.6 is 22.6 Å². The minimum absolute atomic E-state index is 0.387. The van der Waals surface area contributed by atoms with Crippen molar-refractivity contribution < 1.29 is 18.7 Å². The number of carbonyl (C=O) groups is 2. The first kappa shape index (κ1) is 17.7. The van der Waals surface area contributed by atoms with Crippen LogP contribution in [0.2, 0.25) is 0 Å². The van der Waals surface area contributed by atoms with Crippen molar-refractivity contribution in [3.8, 4) is 0 Å². The van der Waals surface area contributed by atoms with Crippen LogP contribution in [0.25, 0.3) is 0 Å². The normalized spacial score (nSPS) is 12.4. The number of alkyl halides is 1. The van der Waals surface area contributed by atoms with Gasteiger partial charge >= 0.3 is 6.09 Å². The van der Waals surface area contributed by atoms with E-state index >= 15 is 0 Å². The zero-order valence-electron chi connectivity index (χ0n) is 12.1. The van der Waals surface area contributed by atoms with E-state index in [0.29, 0.717) is 10.1 Å². The quantitative estimate of drug-likeness (QED) is 0.458. The van der Waals surface area contributed by atoms with Gasteiger partial charge in [0.1, 0.15) is 17.5 Å². The number of ether oxygens (including phenoxy) is 1. The van der Waals surface area contributed by atoms with Gasteiger partial charge in [-0.15, -0.1) is 0 Å². The van der Waals surface area contributed by atoms with Crippen molar-refractivity contribution in [3.63, 3.8) is 0 Å². The van der Waals surface area contributed by atoms with E-state index in [9.17, 15) is 14.0 Å². The third-order valence-corrected chi connectivity index (χ3v) is 2.75. The number of halogens is 2. The Morgan fingerprint density at radius 3 is 2.33 bits per heavy atom. The Hall–Kier alpha value is -1.38. The van der Waals surface area contributed by atoms with Gasteiger partial charge in [0, 0.05) is 0 Å². The molecule has 0 bridgehead atoms. The molecule has 1 aromatic carbocycles. The summed E-state index contributed by atoms with van der Waals surface area (Å²) in [6, 6.07) is 4.43. The monoisotopic (exact) mass is 408 g/mol. The zero-order chi connectivity index (χ0) is 16.0. The summed E-state index contributed by atoms with van der Waals surface area (Å²) in [7, 11) is 0. The lowest BCUT2D eigenvalue weighted by Crippen LogP contribution is -2.42. The molecule has 0 heterocycles. The first-order chi connectivity index (χ1) is 9.73. The predicted molar refractivity (Wildman–Crippen MR) is 85.5 cm³/mol. The summed E-state index contributed by atoms with van der Waals surface area (Å²) in [6.45, 7) is 5.18. The Kier molecular flexibility index (Phi) is 6.38. The van der Waals surface area contributed by atoms with Gasteiger partial charge in [0.05, 0.1) is 4.55 Å². The van der Waals surface area contributed by atoms with Gasteiger partial charge in [-0.3, -0.25) is 4.79 Å². The van der Waals surface area contributed by atoms with E-state index in [1.165, 1.54) is 24.3 Å². The summed E-state index contributed by atoms with van der Waals surface area (Å²) < 4.78 is 18.5. The Balaban J connectivity index is 2.90. The van der Waals surface area contributed by atoms with Crippen molar-refractivity contribution in [1.82, 2.24) is 10.6 Å². The maximum absolute atomic E-state index is 13.0. The molecule has 1 atom stereocenters. The van der Waals surface area contributed by atoms with Gasteiger partial charge in [-0.2, -0.15) is 0 Å². The van der Waals surface area contributed by atoms with Crippen LogP contribution in [0.3, 0.4) is 0 Å². The molecule has 0 aromatic heterocycles. The van der Waals surface area contributed by atoms with Crippen LogP contribution in [0.5, 0.6) is 0 Å². The molecule has 116 valence electrons. The van der Waals surface area contributed by atoms with Gasteiger partial charge in [0.2, 0.25) is 5.91 Å². The lowest BCUT2D eigenvalue weighted by atomic mass is 10.1. The van der Waals surface area contributed by atoms with Crippen molar-refractivity contribution in [3.05, 3.63) is 35.6 Å². The predicted octanol–water partition coefficient (Wildman–Crippen LogP) is 2.90. The van der Waals surface area contributed by atoms with Crippen LogP contribution in [0.1, 0.15) is 32.4 Å². The maximum Gasteiger partial charge on any atom is 0.408 e. The van der Waals surface area contributed by atoms with Crippen LogP contribution in [0.4, 0.5) is 9.18 Å². The van der Waals surface area contributed by atoms with Gasteiger partial charge in [-0.25, -0.2) is 9.18 Å². The van der Waals surface area contributed by atoms with Gasteiger partial charge in [0.15, 0.2) is 0 Å². The fourth-order valence-electron chi connectivity index (χ4n) is 1.55. The number of hydrogen-bond donors (Lipinski definition) is 2. The van der Waals surface area contributed by atoms with Gasteiger partial charge in [-0.05, 0) is 38.5 Å². The van der Waals surface area contributed by atoms with E-state index in [2.05, 4.69) is 10.6 Å². The van der Waals surface area contributed by atoms with Gasteiger partial charge in [0.25, 0.3) is 0 Å². The lowest BCUT2D eigenvalue weighted by Gasteiger charge is -2.23. The molecule has 0 spiro atoms. The van der Waals surface area contributed by atoms with Crippen molar-refractivity contribution in [2.45, 2.75) is 32.4 Å². The number of rotatable bonds is 4. The zero-order valence-corrected chi connectivity index (χ0v) is 14.2. The Morgan fingerprint density at radius 1 is 1.29 bits per heavy atom. The molecule has 1 rings (SSSR count). The molecule has 21 heavy (non-hydrogen) atoms. The van der Waals surface area contributed by atoms with Crippen molar-refractivity contribution in [2.75, 3.05) is 4.55 Å². The number of hydrogen-bond acceptors (Lipinski definition) is 3. The molecule has 0 aliphatic heterocycles. The molecule has 5 nitrogen and oxygen atoms in total. The van der Waals surface area contributed by atoms with E-state index < -0.39 is 23.6 Å². The van der Waals surface area contributed by atoms with Crippen LogP contribution in [-0.2, 0) is 9.53 Å². The van der Waals surface area contributed by atoms with E-state index in [0.717, 1.165) is 0 Å². The second-order valence-corrected chi connectivity index (χ2v) is 6.07. The van der Waals surface area contributed by atoms with Gasteiger partial charge in [-0.1, -0.05) is 34.7 Å². The van der Waals surface area contributed by atoms with Crippen LogP contribution < -0.4 is 10.6 Å². The highest BCUT2D eigenvalue weighted by molar-refractivity contribution is 14.1. The average Bonchev–Trinajstić information content (AvgIpc) is 2.35. The average molecular weight is 408 g/mol. The third kappa shape index (κ3) is 6.28. The van der Waals surface area contributed by atoms with Crippen LogP contribution in [-0.4, -0.2) is 22.2 Å². The first-order valence-electron chi connectivity index (χ1n) is 6.31. The topological polar surface area (TPSA) is 67.4 Å². The van der Waals surface area contributed by atoms with E-state index in [4.69, 9.17) is 4.74 Å². The molecule has 0 saturated heterocycles. The van der Waals surface area contributed by atoms with Crippen LogP contribution in [0, 0.1) is 5.82 Å². The molecule has 2 N–H and O–H groups in total. The standard InChI is InChI=1S/C14H18FIN2O3/c1-14(2,3)21-13(20)18-11(12(19)17-8-16)9-4-6-10(15)7-5-9/h4-7,11H,8H2,1-3H3,(H,17,19)(H,18,20)/t11-/m1/s1. The summed E-state index contributed by atoms with van der Waals surface area (Å²) in [5, 5.41) is 5.11. The minimum atomic E-state index is -0.935. The second kappa shape index (κ2) is 7.58. The van der Waals surface area contributed by atoms with Crippen molar-refractivity contribution in [1.29, 1.82) is 0 Å². The van der Waals surface area contributed by atoms with Crippen molar-refractivity contribution >= 4 is 34.6 Å². The molecule has 0 aliphatic rings. The van der Waals surface area contributed by atoms with Gasteiger partial charge < -0.3 is 15.4 Å².